The highest BCUT2D eigenvalue weighted by Crippen LogP contribution is 2.41. The molecule has 0 spiro atoms. The molecule has 0 bridgehead atoms. The molecule has 8 rings (SSSR count). The summed E-state index contributed by atoms with van der Waals surface area (Å²) in [6.07, 6.45) is -4.69. The van der Waals surface area contributed by atoms with Crippen LogP contribution in [0.5, 0.6) is 0 Å². The zero-order valence-electron chi connectivity index (χ0n) is 35.4. The van der Waals surface area contributed by atoms with E-state index in [2.05, 4.69) is 10.3 Å². The molecule has 1 aliphatic rings. The summed E-state index contributed by atoms with van der Waals surface area (Å²) in [6, 6.07) is 55.2. The third kappa shape index (κ3) is 11.7. The van der Waals surface area contributed by atoms with Gasteiger partial charge in [0.1, 0.15) is 43.2 Å². The number of rotatable bonds is 20. The molecule has 6 aromatic carbocycles. The van der Waals surface area contributed by atoms with Gasteiger partial charge in [0.25, 0.3) is 0 Å². The number of H-pyrrole nitrogens is 1. The standard InChI is InChI=1S/C53H52N2O9/c56-52(57)45(55-53(58)63-35-41-26-14-5-15-27-41)30-43-42-28-16-17-29-44(42)54-47(43)49-51(62-34-40-24-12-4-13-25-40)50(61-33-39-22-10-3-11-23-39)48(60-32-38-20-8-2-9-21-38)46(64-49)36-59-31-37-18-6-1-7-19-37/h1-29,45-46,48-51,54H,30-36H2,(H,55,58)(H,56,57)/t45-,46+,48+,49-,50-,51+/m0/s1. The minimum atomic E-state index is -1.36. The van der Waals surface area contributed by atoms with Gasteiger partial charge in [0.15, 0.2) is 0 Å². The van der Waals surface area contributed by atoms with Crippen molar-refractivity contribution in [3.05, 3.63) is 215 Å². The van der Waals surface area contributed by atoms with E-state index in [1.807, 2.05) is 176 Å². The number of carboxylic acid groups (broad SMARTS) is 1. The predicted molar refractivity (Wildman–Crippen MR) is 242 cm³/mol. The van der Waals surface area contributed by atoms with E-state index in [9.17, 15) is 14.7 Å². The van der Waals surface area contributed by atoms with Crippen LogP contribution < -0.4 is 5.32 Å². The molecule has 1 saturated heterocycles. The van der Waals surface area contributed by atoms with Gasteiger partial charge in [-0.3, -0.25) is 0 Å². The summed E-state index contributed by atoms with van der Waals surface area (Å²) in [7, 11) is 0. The topological polar surface area (TPSA) is 138 Å². The Morgan fingerprint density at radius 3 is 1.55 bits per heavy atom. The van der Waals surface area contributed by atoms with Crippen LogP contribution in [0.4, 0.5) is 4.79 Å². The van der Waals surface area contributed by atoms with Gasteiger partial charge in [-0.15, -0.1) is 0 Å². The molecule has 7 aromatic rings. The molecule has 2 heterocycles. The highest BCUT2D eigenvalue weighted by Gasteiger charge is 2.50. The van der Waals surface area contributed by atoms with Gasteiger partial charge >= 0.3 is 12.1 Å². The third-order valence-corrected chi connectivity index (χ3v) is 11.2. The van der Waals surface area contributed by atoms with Crippen molar-refractivity contribution in [1.82, 2.24) is 10.3 Å². The van der Waals surface area contributed by atoms with E-state index in [1.54, 1.807) is 0 Å². The highest BCUT2D eigenvalue weighted by molar-refractivity contribution is 5.87. The van der Waals surface area contributed by atoms with Gasteiger partial charge in [0.05, 0.1) is 38.7 Å². The van der Waals surface area contributed by atoms with E-state index in [-0.39, 0.29) is 39.5 Å². The molecule has 3 N–H and O–H groups in total. The van der Waals surface area contributed by atoms with Crippen LogP contribution in [0.1, 0.15) is 45.2 Å². The van der Waals surface area contributed by atoms with Crippen molar-refractivity contribution in [1.29, 1.82) is 0 Å². The number of nitrogens with one attached hydrogen (secondary N) is 2. The minimum absolute atomic E-state index is 0.0146. The molecule has 11 nitrogen and oxygen atoms in total. The Balaban J connectivity index is 1.18. The molecule has 64 heavy (non-hydrogen) atoms. The summed E-state index contributed by atoms with van der Waals surface area (Å²) in [6.45, 7) is 1.21. The Kier molecular flexibility index (Phi) is 15.2. The first-order valence-electron chi connectivity index (χ1n) is 21.5. The van der Waals surface area contributed by atoms with Crippen molar-refractivity contribution < 1.29 is 43.1 Å². The van der Waals surface area contributed by atoms with Crippen LogP contribution in [-0.2, 0) is 72.7 Å². The van der Waals surface area contributed by atoms with Gasteiger partial charge in [0, 0.05) is 17.3 Å². The van der Waals surface area contributed by atoms with Gasteiger partial charge in [-0.2, -0.15) is 0 Å². The Bertz CT molecular complexity index is 2510. The molecule has 6 atom stereocenters. The van der Waals surface area contributed by atoms with Gasteiger partial charge in [-0.25, -0.2) is 9.59 Å². The van der Waals surface area contributed by atoms with Crippen LogP contribution >= 0.6 is 0 Å². The number of fused-ring (bicyclic) bond motifs is 1. The molecule has 11 heteroatoms. The van der Waals surface area contributed by atoms with Crippen molar-refractivity contribution in [2.45, 2.75) is 76.0 Å². The summed E-state index contributed by atoms with van der Waals surface area (Å²) in [5, 5.41) is 14.0. The maximum absolute atomic E-state index is 13.2. The van der Waals surface area contributed by atoms with Crippen LogP contribution in [0.15, 0.2) is 176 Å². The van der Waals surface area contributed by atoms with E-state index in [0.29, 0.717) is 17.9 Å². The lowest BCUT2D eigenvalue weighted by molar-refractivity contribution is -0.275. The molecular formula is C53H52N2O9. The number of aliphatic carboxylic acids is 1. The fourth-order valence-corrected chi connectivity index (χ4v) is 8.02. The first-order chi connectivity index (χ1) is 31.5. The largest absolute Gasteiger partial charge is 0.480 e. The van der Waals surface area contributed by atoms with Crippen molar-refractivity contribution in [3.63, 3.8) is 0 Å². The Hall–Kier alpha value is -6.60. The number of aromatic nitrogens is 1. The second kappa shape index (κ2) is 22.2. The number of benzene rings is 6. The number of hydrogen-bond acceptors (Lipinski definition) is 8. The van der Waals surface area contributed by atoms with E-state index >= 15 is 0 Å². The molecule has 1 fully saturated rings. The summed E-state index contributed by atoms with van der Waals surface area (Å²) in [5.74, 6) is -1.22. The third-order valence-electron chi connectivity index (χ3n) is 11.2. The maximum Gasteiger partial charge on any atom is 0.408 e. The van der Waals surface area contributed by atoms with Crippen molar-refractivity contribution >= 4 is 23.0 Å². The van der Waals surface area contributed by atoms with E-state index in [0.717, 1.165) is 38.7 Å². The zero-order valence-corrected chi connectivity index (χ0v) is 35.4. The van der Waals surface area contributed by atoms with Crippen molar-refractivity contribution in [3.8, 4) is 0 Å². The monoisotopic (exact) mass is 860 g/mol. The lowest BCUT2D eigenvalue weighted by Gasteiger charge is -2.46. The molecule has 0 aliphatic carbocycles. The van der Waals surface area contributed by atoms with E-state index in [4.69, 9.17) is 28.4 Å². The molecule has 1 aromatic heterocycles. The average molecular weight is 861 g/mol. The number of aromatic amines is 1. The normalized spacial score (nSPS) is 18.9. The Morgan fingerprint density at radius 1 is 0.562 bits per heavy atom. The van der Waals surface area contributed by atoms with Gasteiger partial charge in [0.2, 0.25) is 0 Å². The smallest absolute Gasteiger partial charge is 0.408 e. The lowest BCUT2D eigenvalue weighted by Crippen LogP contribution is -2.58. The molecule has 0 radical (unpaired) electrons. The molecule has 0 unspecified atom stereocenters. The van der Waals surface area contributed by atoms with Crippen LogP contribution in [0.2, 0.25) is 0 Å². The summed E-state index contributed by atoms with van der Waals surface area (Å²) >= 11 is 0. The lowest BCUT2D eigenvalue weighted by atomic mass is 9.89. The molecule has 1 amide bonds. The first-order valence-corrected chi connectivity index (χ1v) is 21.5. The summed E-state index contributed by atoms with van der Waals surface area (Å²) in [4.78, 5) is 29.7. The number of ether oxygens (including phenoxy) is 6. The van der Waals surface area contributed by atoms with E-state index in [1.165, 1.54) is 0 Å². The quantitative estimate of drug-likeness (QED) is 0.0685. The number of alkyl carbamates (subject to hydrolysis) is 1. The fourth-order valence-electron chi connectivity index (χ4n) is 8.02. The summed E-state index contributed by atoms with van der Waals surface area (Å²) in [5.41, 5.74) is 6.65. The predicted octanol–water partition coefficient (Wildman–Crippen LogP) is 9.50. The second-order valence-corrected chi connectivity index (χ2v) is 15.7. The van der Waals surface area contributed by atoms with E-state index < -0.39 is 48.6 Å². The molecule has 0 saturated carbocycles. The Labute approximate surface area is 372 Å². The van der Waals surface area contributed by atoms with Crippen LogP contribution in [0.3, 0.4) is 0 Å². The first kappa shape index (κ1) is 44.0. The van der Waals surface area contributed by atoms with Crippen molar-refractivity contribution in [2.24, 2.45) is 0 Å². The molecule has 328 valence electrons. The average Bonchev–Trinajstić information content (AvgIpc) is 3.70. The number of amides is 1. The highest BCUT2D eigenvalue weighted by atomic mass is 16.6. The zero-order chi connectivity index (χ0) is 43.9. The molecule has 1 aliphatic heterocycles. The number of para-hydroxylation sites is 1. The minimum Gasteiger partial charge on any atom is -0.480 e. The number of carbonyl (C=O) groups is 2. The van der Waals surface area contributed by atoms with Gasteiger partial charge < -0.3 is 43.8 Å². The molecular weight excluding hydrogens is 809 g/mol. The fraction of sp³-hybridized carbons (Fsp3) is 0.245. The van der Waals surface area contributed by atoms with Crippen molar-refractivity contribution in [2.75, 3.05) is 6.61 Å². The SMILES string of the molecule is O=C(N[C@@H](Cc1c([C@@H]2O[C@H](COCc3ccccc3)[C@@H](OCc3ccccc3)[C@H](OCc3ccccc3)[C@@H]2OCc2ccccc2)[nH]c2ccccc12)C(=O)O)OCc1ccccc1. The van der Waals surface area contributed by atoms with Crippen LogP contribution in [0, 0.1) is 0 Å². The Morgan fingerprint density at radius 2 is 1.02 bits per heavy atom. The number of carboxylic acids is 1. The summed E-state index contributed by atoms with van der Waals surface area (Å²) < 4.78 is 40.0. The maximum atomic E-state index is 13.2. The number of hydrogen-bond donors (Lipinski definition) is 3. The van der Waals surface area contributed by atoms with Crippen LogP contribution in [0.25, 0.3) is 10.9 Å². The number of carbonyl (C=O) groups excluding carboxylic acids is 1. The van der Waals surface area contributed by atoms with Crippen LogP contribution in [-0.4, -0.2) is 59.2 Å². The second-order valence-electron chi connectivity index (χ2n) is 15.7. The van der Waals surface area contributed by atoms with Gasteiger partial charge in [-0.05, 0) is 39.4 Å². The van der Waals surface area contributed by atoms with Gasteiger partial charge in [-0.1, -0.05) is 170 Å².